The van der Waals surface area contributed by atoms with Crippen molar-refractivity contribution in [3.8, 4) is 0 Å². The van der Waals surface area contributed by atoms with Gasteiger partial charge in [-0.15, -0.1) is 0 Å². The van der Waals surface area contributed by atoms with Crippen LogP contribution in [0.4, 0.5) is 0 Å². The van der Waals surface area contributed by atoms with E-state index in [4.69, 9.17) is 9.47 Å². The van der Waals surface area contributed by atoms with Crippen molar-refractivity contribution in [1.29, 1.82) is 0 Å². The normalized spacial score (nSPS) is 26.1. The van der Waals surface area contributed by atoms with Crippen LogP contribution in [0.1, 0.15) is 90.9 Å². The standard InChI is InChI=1S/C28H51NO8/c1-3-5-7-9-11-12-13-15-17-22(31)21(29-24(32)18-16-14-10-8-6-4-2)20-36-28-27(35)26(34)25(33)23(19-30)37-28/h9,11,15,17,21-23,25-28,30-31,33-35H,3-8,10,12-14,16,18-20H2,1-2H3,(H,29,32)/b11-9+,17-15+. The van der Waals surface area contributed by atoms with Gasteiger partial charge in [-0.2, -0.15) is 0 Å². The maximum Gasteiger partial charge on any atom is 0.220 e. The molecular weight excluding hydrogens is 478 g/mol. The molecule has 7 unspecified atom stereocenters. The number of carbonyl (C=O) groups is 1. The topological polar surface area (TPSA) is 149 Å². The first-order chi connectivity index (χ1) is 17.8. The first kappa shape index (κ1) is 33.7. The highest BCUT2D eigenvalue weighted by atomic mass is 16.7. The van der Waals surface area contributed by atoms with Crippen LogP contribution < -0.4 is 5.32 Å². The first-order valence-corrected chi connectivity index (χ1v) is 14.1. The molecular formula is C28H51NO8. The molecule has 0 aromatic carbocycles. The van der Waals surface area contributed by atoms with Gasteiger partial charge in [0.2, 0.25) is 5.91 Å². The maximum atomic E-state index is 12.6. The minimum absolute atomic E-state index is 0.201. The van der Waals surface area contributed by atoms with Crippen LogP contribution in [0.15, 0.2) is 24.3 Å². The Labute approximate surface area is 222 Å². The van der Waals surface area contributed by atoms with E-state index in [0.717, 1.165) is 57.8 Å². The lowest BCUT2D eigenvalue weighted by molar-refractivity contribution is -0.302. The lowest BCUT2D eigenvalue weighted by Gasteiger charge is -2.40. The van der Waals surface area contributed by atoms with Crippen molar-refractivity contribution < 1.29 is 39.8 Å². The molecule has 9 heteroatoms. The smallest absolute Gasteiger partial charge is 0.220 e. The minimum atomic E-state index is -1.56. The highest BCUT2D eigenvalue weighted by Gasteiger charge is 2.44. The number of aliphatic hydroxyl groups is 5. The summed E-state index contributed by atoms with van der Waals surface area (Å²) in [7, 11) is 0. The maximum absolute atomic E-state index is 12.6. The predicted octanol–water partition coefficient (Wildman–Crippen LogP) is 2.48. The second-order valence-corrected chi connectivity index (χ2v) is 9.83. The van der Waals surface area contributed by atoms with Crippen LogP contribution in [0.25, 0.3) is 0 Å². The van der Waals surface area contributed by atoms with Crippen molar-refractivity contribution in [3.05, 3.63) is 24.3 Å². The van der Waals surface area contributed by atoms with Crippen molar-refractivity contribution in [2.24, 2.45) is 0 Å². The largest absolute Gasteiger partial charge is 0.394 e. The molecule has 1 heterocycles. The van der Waals surface area contributed by atoms with Crippen molar-refractivity contribution >= 4 is 5.91 Å². The highest BCUT2D eigenvalue weighted by molar-refractivity contribution is 5.76. The summed E-state index contributed by atoms with van der Waals surface area (Å²) in [6.45, 7) is 3.54. The summed E-state index contributed by atoms with van der Waals surface area (Å²) in [5, 5.41) is 53.1. The quantitative estimate of drug-likeness (QED) is 0.104. The van der Waals surface area contributed by atoms with Crippen LogP contribution in [0.5, 0.6) is 0 Å². The second-order valence-electron chi connectivity index (χ2n) is 9.83. The van der Waals surface area contributed by atoms with Crippen LogP contribution >= 0.6 is 0 Å². The van der Waals surface area contributed by atoms with Gasteiger partial charge in [-0.1, -0.05) is 83.1 Å². The number of rotatable bonds is 20. The van der Waals surface area contributed by atoms with Gasteiger partial charge in [0.15, 0.2) is 6.29 Å². The van der Waals surface area contributed by atoms with Gasteiger partial charge >= 0.3 is 0 Å². The fourth-order valence-corrected chi connectivity index (χ4v) is 4.09. The zero-order chi connectivity index (χ0) is 27.5. The van der Waals surface area contributed by atoms with E-state index in [1.807, 2.05) is 6.08 Å². The molecule has 0 aromatic heterocycles. The number of aliphatic hydroxyl groups excluding tert-OH is 5. The molecule has 1 aliphatic rings. The van der Waals surface area contributed by atoms with Crippen LogP contribution in [0, 0.1) is 0 Å². The lowest BCUT2D eigenvalue weighted by Crippen LogP contribution is -2.60. The van der Waals surface area contributed by atoms with E-state index in [0.29, 0.717) is 6.42 Å². The summed E-state index contributed by atoms with van der Waals surface area (Å²) < 4.78 is 11.0. The Morgan fingerprint density at radius 2 is 1.54 bits per heavy atom. The van der Waals surface area contributed by atoms with Gasteiger partial charge in [-0.05, 0) is 25.7 Å². The number of allylic oxidation sites excluding steroid dienone is 3. The molecule has 0 radical (unpaired) electrons. The van der Waals surface area contributed by atoms with Crippen molar-refractivity contribution in [3.63, 3.8) is 0 Å². The molecule has 6 N–H and O–H groups in total. The molecule has 1 saturated heterocycles. The number of unbranched alkanes of at least 4 members (excludes halogenated alkanes) is 8. The summed E-state index contributed by atoms with van der Waals surface area (Å²) in [5.74, 6) is -0.204. The molecule has 0 aliphatic carbocycles. The molecule has 0 aromatic rings. The summed E-state index contributed by atoms with van der Waals surface area (Å²) in [4.78, 5) is 12.6. The average molecular weight is 530 g/mol. The Bertz CT molecular complexity index is 642. The monoisotopic (exact) mass is 529 g/mol. The zero-order valence-corrected chi connectivity index (χ0v) is 22.7. The second kappa shape index (κ2) is 20.6. The zero-order valence-electron chi connectivity index (χ0n) is 22.7. The van der Waals surface area contributed by atoms with E-state index in [9.17, 15) is 30.3 Å². The van der Waals surface area contributed by atoms with Gasteiger partial charge in [-0.25, -0.2) is 0 Å². The van der Waals surface area contributed by atoms with E-state index < -0.39 is 49.5 Å². The molecule has 0 spiro atoms. The highest BCUT2D eigenvalue weighted by Crippen LogP contribution is 2.22. The molecule has 0 saturated carbocycles. The number of hydrogen-bond acceptors (Lipinski definition) is 8. The van der Waals surface area contributed by atoms with Gasteiger partial charge in [0.1, 0.15) is 24.4 Å². The minimum Gasteiger partial charge on any atom is -0.394 e. The van der Waals surface area contributed by atoms with Crippen LogP contribution in [0.2, 0.25) is 0 Å². The number of hydrogen-bond donors (Lipinski definition) is 6. The van der Waals surface area contributed by atoms with Crippen LogP contribution in [-0.2, 0) is 14.3 Å². The molecule has 37 heavy (non-hydrogen) atoms. The van der Waals surface area contributed by atoms with Gasteiger partial charge in [-0.3, -0.25) is 4.79 Å². The van der Waals surface area contributed by atoms with Gasteiger partial charge < -0.3 is 40.3 Å². The van der Waals surface area contributed by atoms with Gasteiger partial charge in [0.05, 0.1) is 25.4 Å². The summed E-state index contributed by atoms with van der Waals surface area (Å²) in [5.41, 5.74) is 0. The van der Waals surface area contributed by atoms with Crippen molar-refractivity contribution in [2.45, 2.75) is 134 Å². The van der Waals surface area contributed by atoms with Crippen molar-refractivity contribution in [2.75, 3.05) is 13.2 Å². The third-order valence-corrected chi connectivity index (χ3v) is 6.53. The Balaban J connectivity index is 2.67. The van der Waals surface area contributed by atoms with Gasteiger partial charge in [0.25, 0.3) is 0 Å². The van der Waals surface area contributed by atoms with Crippen LogP contribution in [-0.4, -0.2) is 87.5 Å². The molecule has 0 bridgehead atoms. The summed E-state index contributed by atoms with van der Waals surface area (Å²) >= 11 is 0. The molecule has 216 valence electrons. The first-order valence-electron chi connectivity index (χ1n) is 14.1. The number of amides is 1. The van der Waals surface area contributed by atoms with Gasteiger partial charge in [0, 0.05) is 6.42 Å². The SMILES string of the molecule is CCCC/C=C/CC/C=C/C(O)C(COC1OC(CO)C(O)C(O)C1O)NC(=O)CCCCCCCC. The summed E-state index contributed by atoms with van der Waals surface area (Å²) in [6, 6.07) is -0.809. The molecule has 1 rings (SSSR count). The average Bonchev–Trinajstić information content (AvgIpc) is 2.89. The third-order valence-electron chi connectivity index (χ3n) is 6.53. The predicted molar refractivity (Wildman–Crippen MR) is 143 cm³/mol. The lowest BCUT2D eigenvalue weighted by atomic mass is 9.99. The number of carbonyl (C=O) groups excluding carboxylic acids is 1. The fourth-order valence-electron chi connectivity index (χ4n) is 4.09. The number of ether oxygens (including phenoxy) is 2. The molecule has 1 amide bonds. The molecule has 1 aliphatic heterocycles. The van der Waals surface area contributed by atoms with Crippen LogP contribution in [0.3, 0.4) is 0 Å². The third kappa shape index (κ3) is 13.9. The number of nitrogens with one attached hydrogen (secondary N) is 1. The van der Waals surface area contributed by atoms with E-state index in [1.165, 1.54) is 12.8 Å². The van der Waals surface area contributed by atoms with E-state index in [-0.39, 0.29) is 12.5 Å². The molecule has 9 nitrogen and oxygen atoms in total. The fraction of sp³-hybridized carbons (Fsp3) is 0.821. The Kier molecular flexibility index (Phi) is 18.8. The van der Waals surface area contributed by atoms with E-state index >= 15 is 0 Å². The Hall–Kier alpha value is -1.33. The van der Waals surface area contributed by atoms with E-state index in [1.54, 1.807) is 6.08 Å². The Morgan fingerprint density at radius 3 is 2.24 bits per heavy atom. The van der Waals surface area contributed by atoms with E-state index in [2.05, 4.69) is 31.3 Å². The van der Waals surface area contributed by atoms with Crippen molar-refractivity contribution in [1.82, 2.24) is 5.32 Å². The Morgan fingerprint density at radius 1 is 0.892 bits per heavy atom. The molecule has 1 fully saturated rings. The molecule has 7 atom stereocenters. The summed E-state index contributed by atoms with van der Waals surface area (Å²) in [6.07, 6.45) is 11.3.